The highest BCUT2D eigenvalue weighted by Crippen LogP contribution is 2.14. The summed E-state index contributed by atoms with van der Waals surface area (Å²) in [5, 5.41) is 2.56. The molecule has 5 nitrogen and oxygen atoms in total. The fourth-order valence-electron chi connectivity index (χ4n) is 1.41. The number of nitrogens with one attached hydrogen (secondary N) is 1. The molecule has 1 unspecified atom stereocenters. The summed E-state index contributed by atoms with van der Waals surface area (Å²) in [7, 11) is -4.14. The second-order valence-electron chi connectivity index (χ2n) is 3.63. The Kier molecular flexibility index (Phi) is 4.65. The molecule has 0 heterocycles. The molecule has 6 heteroatoms. The highest BCUT2D eigenvalue weighted by molar-refractivity contribution is 7.85. The quantitative estimate of drug-likeness (QED) is 0.775. The van der Waals surface area contributed by atoms with E-state index in [1.807, 2.05) is 0 Å². The van der Waals surface area contributed by atoms with Gasteiger partial charge in [0.1, 0.15) is 0 Å². The van der Waals surface area contributed by atoms with E-state index < -0.39 is 21.9 Å². The summed E-state index contributed by atoms with van der Waals surface area (Å²) in [6.45, 7) is 1.67. The lowest BCUT2D eigenvalue weighted by Gasteiger charge is -2.17. The van der Waals surface area contributed by atoms with Crippen molar-refractivity contribution in [1.82, 2.24) is 5.32 Å². The van der Waals surface area contributed by atoms with Crippen LogP contribution >= 0.6 is 0 Å². The van der Waals surface area contributed by atoms with Gasteiger partial charge < -0.3 is 5.32 Å². The van der Waals surface area contributed by atoms with Crippen molar-refractivity contribution in [1.29, 1.82) is 0 Å². The molecule has 0 aliphatic carbocycles. The van der Waals surface area contributed by atoms with Crippen LogP contribution in [0, 0.1) is 0 Å². The molecular formula is C11H15NO4S. The molecule has 0 saturated heterocycles. The molecule has 0 aromatic heterocycles. The smallest absolute Gasteiger partial charge is 0.267 e. The third kappa shape index (κ3) is 4.97. The van der Waals surface area contributed by atoms with Crippen LogP contribution in [0.1, 0.15) is 24.9 Å². The second kappa shape index (κ2) is 5.79. The molecule has 1 aromatic rings. The van der Waals surface area contributed by atoms with Gasteiger partial charge >= 0.3 is 0 Å². The summed E-state index contributed by atoms with van der Waals surface area (Å²) in [4.78, 5) is 11.3. The van der Waals surface area contributed by atoms with E-state index in [2.05, 4.69) is 5.32 Å². The van der Waals surface area contributed by atoms with Crippen LogP contribution in [0.25, 0.3) is 0 Å². The van der Waals surface area contributed by atoms with E-state index in [4.69, 9.17) is 4.55 Å². The van der Waals surface area contributed by atoms with Crippen molar-refractivity contribution in [2.45, 2.75) is 19.4 Å². The summed E-state index contributed by atoms with van der Waals surface area (Å²) in [6, 6.07) is 7.95. The first-order chi connectivity index (χ1) is 7.92. The van der Waals surface area contributed by atoms with Gasteiger partial charge in [0.15, 0.2) is 0 Å². The Hall–Kier alpha value is -1.40. The zero-order chi connectivity index (χ0) is 12.9. The van der Waals surface area contributed by atoms with E-state index in [0.29, 0.717) is 5.56 Å². The van der Waals surface area contributed by atoms with E-state index in [0.717, 1.165) is 0 Å². The minimum atomic E-state index is -4.14. The SMILES string of the molecule is CCC(=O)NC(CS(=O)(=O)O)c1ccccc1. The molecule has 2 N–H and O–H groups in total. The van der Waals surface area contributed by atoms with Crippen LogP contribution in [0.5, 0.6) is 0 Å². The fourth-order valence-corrected chi connectivity index (χ4v) is 2.11. The van der Waals surface area contributed by atoms with Crippen LogP contribution < -0.4 is 5.32 Å². The average Bonchev–Trinajstić information content (AvgIpc) is 2.27. The van der Waals surface area contributed by atoms with Gasteiger partial charge in [-0.05, 0) is 5.56 Å². The van der Waals surface area contributed by atoms with Crippen molar-refractivity contribution in [2.75, 3.05) is 5.75 Å². The Morgan fingerprint density at radius 3 is 2.41 bits per heavy atom. The van der Waals surface area contributed by atoms with Crippen LogP contribution in [-0.4, -0.2) is 24.6 Å². The van der Waals surface area contributed by atoms with Crippen LogP contribution in [0.15, 0.2) is 30.3 Å². The van der Waals surface area contributed by atoms with Gasteiger partial charge in [0.2, 0.25) is 5.91 Å². The van der Waals surface area contributed by atoms with Crippen LogP contribution in [0.3, 0.4) is 0 Å². The van der Waals surface area contributed by atoms with Gasteiger partial charge in [-0.15, -0.1) is 0 Å². The maximum Gasteiger partial charge on any atom is 0.267 e. The Balaban J connectivity index is 2.91. The molecule has 0 spiro atoms. The summed E-state index contributed by atoms with van der Waals surface area (Å²) in [6.07, 6.45) is 0.259. The first-order valence-electron chi connectivity index (χ1n) is 5.22. The molecule has 0 bridgehead atoms. The van der Waals surface area contributed by atoms with Gasteiger partial charge in [-0.25, -0.2) is 0 Å². The molecule has 0 saturated carbocycles. The lowest BCUT2D eigenvalue weighted by Crippen LogP contribution is -2.32. The van der Waals surface area contributed by atoms with E-state index in [1.165, 1.54) is 0 Å². The van der Waals surface area contributed by atoms with Crippen LogP contribution in [0.4, 0.5) is 0 Å². The summed E-state index contributed by atoms with van der Waals surface area (Å²) in [5.41, 5.74) is 0.645. The molecule has 1 atom stereocenters. The Morgan fingerprint density at radius 2 is 1.94 bits per heavy atom. The maximum atomic E-state index is 11.3. The third-order valence-electron chi connectivity index (χ3n) is 2.24. The second-order valence-corrected chi connectivity index (χ2v) is 5.13. The highest BCUT2D eigenvalue weighted by atomic mass is 32.2. The number of hydrogen-bond donors (Lipinski definition) is 2. The summed E-state index contributed by atoms with van der Waals surface area (Å²) >= 11 is 0. The van der Waals surface area contributed by atoms with E-state index >= 15 is 0 Å². The van der Waals surface area contributed by atoms with Crippen molar-refractivity contribution < 1.29 is 17.8 Å². The Labute approximate surface area is 101 Å². The van der Waals surface area contributed by atoms with Gasteiger partial charge in [0, 0.05) is 6.42 Å². The molecule has 0 aliphatic heterocycles. The zero-order valence-corrected chi connectivity index (χ0v) is 10.3. The van der Waals surface area contributed by atoms with Crippen LogP contribution in [0.2, 0.25) is 0 Å². The lowest BCUT2D eigenvalue weighted by atomic mass is 10.1. The van der Waals surface area contributed by atoms with E-state index in [9.17, 15) is 13.2 Å². The summed E-state index contributed by atoms with van der Waals surface area (Å²) < 4.78 is 30.6. The highest BCUT2D eigenvalue weighted by Gasteiger charge is 2.19. The number of hydrogen-bond acceptors (Lipinski definition) is 3. The topological polar surface area (TPSA) is 83.5 Å². The minimum absolute atomic E-state index is 0.259. The number of carbonyl (C=O) groups is 1. The molecular weight excluding hydrogens is 242 g/mol. The summed E-state index contributed by atoms with van der Waals surface area (Å²) in [5.74, 6) is -0.787. The van der Waals surface area contributed by atoms with Crippen molar-refractivity contribution in [3.8, 4) is 0 Å². The van der Waals surface area contributed by atoms with Crippen molar-refractivity contribution in [2.24, 2.45) is 0 Å². The van der Waals surface area contributed by atoms with Crippen molar-refractivity contribution in [3.05, 3.63) is 35.9 Å². The molecule has 1 aromatic carbocycles. The predicted octanol–water partition coefficient (Wildman–Crippen LogP) is 1.14. The lowest BCUT2D eigenvalue weighted by molar-refractivity contribution is -0.121. The standard InChI is InChI=1S/C11H15NO4S/c1-2-11(13)12-10(8-17(14,15)16)9-6-4-3-5-7-9/h3-7,10H,2,8H2,1H3,(H,12,13)(H,14,15,16). The largest absolute Gasteiger partial charge is 0.348 e. The van der Waals surface area contributed by atoms with Gasteiger partial charge in [0.05, 0.1) is 11.8 Å². The normalized spacial score (nSPS) is 13.1. The first kappa shape index (κ1) is 13.7. The van der Waals surface area contributed by atoms with E-state index in [-0.39, 0.29) is 12.3 Å². The molecule has 1 rings (SSSR count). The van der Waals surface area contributed by atoms with Gasteiger partial charge in [-0.3, -0.25) is 9.35 Å². The fraction of sp³-hybridized carbons (Fsp3) is 0.364. The third-order valence-corrected chi connectivity index (χ3v) is 2.99. The molecule has 94 valence electrons. The number of rotatable bonds is 5. The molecule has 17 heavy (non-hydrogen) atoms. The molecule has 0 fully saturated rings. The number of benzene rings is 1. The van der Waals surface area contributed by atoms with Gasteiger partial charge in [-0.1, -0.05) is 37.3 Å². The first-order valence-corrected chi connectivity index (χ1v) is 6.82. The minimum Gasteiger partial charge on any atom is -0.348 e. The molecule has 0 aliphatic rings. The van der Waals surface area contributed by atoms with Gasteiger partial charge in [-0.2, -0.15) is 8.42 Å². The molecule has 0 radical (unpaired) electrons. The Bertz CT molecular complexity index is 470. The molecule has 1 amide bonds. The monoisotopic (exact) mass is 257 g/mol. The maximum absolute atomic E-state index is 11.3. The van der Waals surface area contributed by atoms with E-state index in [1.54, 1.807) is 37.3 Å². The Morgan fingerprint density at radius 1 is 1.35 bits per heavy atom. The predicted molar refractivity (Wildman–Crippen MR) is 64.0 cm³/mol. The van der Waals surface area contributed by atoms with Crippen molar-refractivity contribution in [3.63, 3.8) is 0 Å². The van der Waals surface area contributed by atoms with Crippen molar-refractivity contribution >= 4 is 16.0 Å². The number of amides is 1. The number of carbonyl (C=O) groups excluding carboxylic acids is 1. The zero-order valence-electron chi connectivity index (χ0n) is 9.46. The van der Waals surface area contributed by atoms with Crippen LogP contribution in [-0.2, 0) is 14.9 Å². The van der Waals surface area contributed by atoms with Gasteiger partial charge in [0.25, 0.3) is 10.1 Å². The average molecular weight is 257 g/mol.